The zero-order chi connectivity index (χ0) is 32.3. The molecule has 9 nitrogen and oxygen atoms in total. The molecule has 0 fully saturated rings. The molecule has 0 radical (unpaired) electrons. The fourth-order valence-corrected chi connectivity index (χ4v) is 6.34. The molecule has 0 spiro atoms. The van der Waals surface area contributed by atoms with Crippen LogP contribution in [0.5, 0.6) is 5.75 Å². The molecule has 3 N–H and O–H groups in total. The minimum Gasteiger partial charge on any atom is -0.439 e. The summed E-state index contributed by atoms with van der Waals surface area (Å²) in [4.78, 5) is 0. The summed E-state index contributed by atoms with van der Waals surface area (Å²) in [6.45, 7) is 1.97. The molecule has 46 heavy (non-hydrogen) atoms. The van der Waals surface area contributed by atoms with E-state index in [2.05, 4.69) is 5.32 Å². The van der Waals surface area contributed by atoms with Crippen molar-refractivity contribution in [2.75, 3.05) is 16.8 Å². The Bertz CT molecular complexity index is 2090. The van der Waals surface area contributed by atoms with Crippen molar-refractivity contribution >= 4 is 44.1 Å². The van der Waals surface area contributed by atoms with Gasteiger partial charge in [-0.15, -0.1) is 0 Å². The molecular weight excluding hydrogens is 625 g/mol. The van der Waals surface area contributed by atoms with Gasteiger partial charge in [0, 0.05) is 12.1 Å². The number of rotatable bonds is 11. The number of hydrogen-bond donors (Lipinski definition) is 3. The van der Waals surface area contributed by atoms with Crippen LogP contribution in [0.2, 0.25) is 0 Å². The van der Waals surface area contributed by atoms with Crippen LogP contribution in [-0.4, -0.2) is 33.2 Å². The first-order valence-electron chi connectivity index (χ1n) is 14.8. The first-order valence-corrected chi connectivity index (χ1v) is 17.7. The van der Waals surface area contributed by atoms with Gasteiger partial charge in [0.25, 0.3) is 15.6 Å². The highest BCUT2D eigenvalue weighted by Gasteiger charge is 2.26. The average molecular weight is 658 g/mol. The van der Waals surface area contributed by atoms with E-state index in [0.717, 1.165) is 39.1 Å². The summed E-state index contributed by atoms with van der Waals surface area (Å²) in [7, 11) is -4.23. The molecule has 1 atom stereocenters. The fraction of sp³-hybridized carbons (Fsp3) is 0.171. The molecule has 1 aliphatic rings. The van der Waals surface area contributed by atoms with E-state index in [4.69, 9.17) is 9.15 Å². The fourth-order valence-electron chi connectivity index (χ4n) is 5.55. The van der Waals surface area contributed by atoms with E-state index in [9.17, 15) is 21.7 Å². The maximum Gasteiger partial charge on any atom is 0.374 e. The van der Waals surface area contributed by atoms with Crippen LogP contribution in [0.3, 0.4) is 0 Å². The van der Waals surface area contributed by atoms with Gasteiger partial charge in [0.15, 0.2) is 29.3 Å². The third-order valence-corrected chi connectivity index (χ3v) is 9.05. The predicted octanol–water partition coefficient (Wildman–Crippen LogP) is 6.85. The van der Waals surface area contributed by atoms with Crippen molar-refractivity contribution in [2.45, 2.75) is 26.3 Å². The van der Waals surface area contributed by atoms with Crippen molar-refractivity contribution in [2.24, 2.45) is 0 Å². The highest BCUT2D eigenvalue weighted by Crippen LogP contribution is 2.42. The topological polar surface area (TPSA) is 130 Å². The summed E-state index contributed by atoms with van der Waals surface area (Å²) in [6, 6.07) is 29.3. The molecule has 0 aliphatic carbocycles. The number of anilines is 1. The molecular formula is C35H33N2O7S2+. The number of ether oxygens (including phenoxy) is 1. The number of nitrogens with one attached hydrogen (secondary N) is 1. The smallest absolute Gasteiger partial charge is 0.374 e. The van der Waals surface area contributed by atoms with Crippen LogP contribution >= 0.6 is 0 Å². The lowest BCUT2D eigenvalue weighted by molar-refractivity contribution is -0.673. The minimum atomic E-state index is -4.23. The molecule has 5 aromatic rings. The molecule has 1 unspecified atom stereocenters. The monoisotopic (exact) mass is 657 g/mol. The van der Waals surface area contributed by atoms with E-state index in [0.29, 0.717) is 41.5 Å². The van der Waals surface area contributed by atoms with Gasteiger partial charge in [0.2, 0.25) is 5.58 Å². The van der Waals surface area contributed by atoms with Crippen molar-refractivity contribution in [3.8, 4) is 28.0 Å². The van der Waals surface area contributed by atoms with E-state index >= 15 is 0 Å². The van der Waals surface area contributed by atoms with E-state index in [1.165, 1.54) is 0 Å². The van der Waals surface area contributed by atoms with Gasteiger partial charge in [-0.25, -0.2) is 4.21 Å². The lowest BCUT2D eigenvalue weighted by Gasteiger charge is -2.13. The number of aromatic nitrogens is 1. The number of aryl methyl sites for hydroxylation is 1. The minimum absolute atomic E-state index is 0.0124. The van der Waals surface area contributed by atoms with Crippen molar-refractivity contribution in [3.05, 3.63) is 120 Å². The normalized spacial score (nSPS) is 14.7. The first-order chi connectivity index (χ1) is 22.2. The Morgan fingerprint density at radius 2 is 1.67 bits per heavy atom. The highest BCUT2D eigenvalue weighted by atomic mass is 32.2. The van der Waals surface area contributed by atoms with Crippen molar-refractivity contribution in [1.82, 2.24) is 0 Å². The van der Waals surface area contributed by atoms with Crippen molar-refractivity contribution < 1.29 is 35.5 Å². The number of allylic oxidation sites excluding steroid dienone is 2. The Labute approximate surface area is 269 Å². The Kier molecular flexibility index (Phi) is 9.18. The van der Waals surface area contributed by atoms with Gasteiger partial charge in [-0.05, 0) is 58.4 Å². The molecule has 11 heteroatoms. The second kappa shape index (κ2) is 13.4. The van der Waals surface area contributed by atoms with Gasteiger partial charge in [-0.2, -0.15) is 13.0 Å². The number of hydrogen-bond acceptors (Lipinski definition) is 6. The lowest BCUT2D eigenvalue weighted by Crippen LogP contribution is -2.38. The van der Waals surface area contributed by atoms with Crippen LogP contribution in [0.4, 0.5) is 5.69 Å². The first kappa shape index (κ1) is 31.4. The zero-order valence-corrected chi connectivity index (χ0v) is 26.7. The number of benzene rings is 4. The summed E-state index contributed by atoms with van der Waals surface area (Å²) in [5.41, 5.74) is 7.62. The van der Waals surface area contributed by atoms with Gasteiger partial charge >= 0.3 is 5.89 Å². The van der Waals surface area contributed by atoms with Crippen LogP contribution in [0.1, 0.15) is 24.8 Å². The third kappa shape index (κ3) is 7.13. The van der Waals surface area contributed by atoms with Gasteiger partial charge in [-0.3, -0.25) is 4.55 Å². The van der Waals surface area contributed by atoms with Crippen molar-refractivity contribution in [3.63, 3.8) is 0 Å². The molecule has 0 amide bonds. The quantitative estimate of drug-likeness (QED) is 0.0800. The molecule has 6 rings (SSSR count). The van der Waals surface area contributed by atoms with E-state index in [-0.39, 0.29) is 12.3 Å². The van der Waals surface area contributed by atoms with Crippen LogP contribution in [0, 0.1) is 0 Å². The Morgan fingerprint density at radius 3 is 2.35 bits per heavy atom. The molecule has 1 aliphatic heterocycles. The van der Waals surface area contributed by atoms with Crippen LogP contribution in [0.25, 0.3) is 39.4 Å². The van der Waals surface area contributed by atoms with Gasteiger partial charge < -0.3 is 19.0 Å². The van der Waals surface area contributed by atoms with Gasteiger partial charge in [-0.1, -0.05) is 79.7 Å². The lowest BCUT2D eigenvalue weighted by atomic mass is 9.96. The largest absolute Gasteiger partial charge is 0.439 e. The molecule has 0 saturated carbocycles. The molecule has 4 aromatic carbocycles. The maximum absolute atomic E-state index is 11.7. The van der Waals surface area contributed by atoms with Crippen LogP contribution < -0.4 is 14.6 Å². The van der Waals surface area contributed by atoms with Crippen molar-refractivity contribution in [1.29, 1.82) is 0 Å². The summed E-state index contributed by atoms with van der Waals surface area (Å²) in [5, 5.41) is 3.37. The summed E-state index contributed by atoms with van der Waals surface area (Å²) in [5.74, 6) is 1.12. The molecule has 0 bridgehead atoms. The third-order valence-electron chi connectivity index (χ3n) is 7.80. The van der Waals surface area contributed by atoms with Gasteiger partial charge in [0.05, 0.1) is 17.5 Å². The number of oxazole rings is 1. The summed E-state index contributed by atoms with van der Waals surface area (Å²) < 4.78 is 68.3. The SMILES string of the molecule is CCC(=Cc1oc2ccc(-c3ccccc3)cc2[n+]1CCS(=O)(=O)O)C=C1Nc2c(ccc(-c3ccccc3)c2CCS(=O)O)O1. The Balaban J connectivity index is 1.37. The highest BCUT2D eigenvalue weighted by molar-refractivity contribution is 7.85. The average Bonchev–Trinajstić information content (AvgIpc) is 3.62. The number of fused-ring (bicyclic) bond motifs is 2. The van der Waals surface area contributed by atoms with E-state index < -0.39 is 27.0 Å². The van der Waals surface area contributed by atoms with E-state index in [1.807, 2.05) is 110 Å². The van der Waals surface area contributed by atoms with Gasteiger partial charge in [0.1, 0.15) is 5.75 Å². The van der Waals surface area contributed by atoms with E-state index in [1.54, 1.807) is 4.57 Å². The Morgan fingerprint density at radius 1 is 0.957 bits per heavy atom. The second-order valence-corrected chi connectivity index (χ2v) is 13.5. The van der Waals surface area contributed by atoms with Crippen LogP contribution in [-0.2, 0) is 34.2 Å². The Hall–Kier alpha value is -4.55. The molecule has 236 valence electrons. The number of nitrogens with zero attached hydrogens (tertiary/aromatic N) is 1. The predicted molar refractivity (Wildman–Crippen MR) is 180 cm³/mol. The second-order valence-electron chi connectivity index (χ2n) is 10.8. The summed E-state index contributed by atoms with van der Waals surface area (Å²) in [6.07, 6.45) is 4.65. The van der Waals surface area contributed by atoms with Crippen LogP contribution in [0.15, 0.2) is 113 Å². The summed E-state index contributed by atoms with van der Waals surface area (Å²) >= 11 is -1.96. The maximum atomic E-state index is 11.7. The standard InChI is InChI=1S/C35H32N2O7S2/c1-2-24(21-33-36-35-29(17-19-45(38)39)28(14-16-32(35)43-33)26-11-7-4-8-12-26)22-34-37(18-20-46(40,41)42)30-23-27(13-15-31(30)44-34)25-9-5-3-6-10-25/h3-16,21-23H,2,17-20H2,1H3,(H2,38,39,40,41,42)/p+1. The zero-order valence-electron chi connectivity index (χ0n) is 25.0. The molecule has 0 saturated heterocycles. The molecule has 1 aromatic heterocycles. The molecule has 2 heterocycles.